The van der Waals surface area contributed by atoms with Gasteiger partial charge in [-0.1, -0.05) is 0 Å². The van der Waals surface area contributed by atoms with E-state index in [1.807, 2.05) is 0 Å². The first-order chi connectivity index (χ1) is 13.3. The Morgan fingerprint density at radius 1 is 1.32 bits per heavy atom. The van der Waals surface area contributed by atoms with E-state index in [4.69, 9.17) is 0 Å². The number of hydrogen-bond acceptors (Lipinski definition) is 5. The van der Waals surface area contributed by atoms with Gasteiger partial charge < -0.3 is 5.32 Å². The summed E-state index contributed by atoms with van der Waals surface area (Å²) in [5, 5.41) is 2.70. The first-order valence-corrected chi connectivity index (χ1v) is 9.32. The summed E-state index contributed by atoms with van der Waals surface area (Å²) in [4.78, 5) is 23.0. The lowest BCUT2D eigenvalue weighted by Gasteiger charge is -2.19. The molecule has 0 aromatic carbocycles. The number of nitrogens with one attached hydrogen (secondary N) is 1. The van der Waals surface area contributed by atoms with E-state index in [-0.39, 0.29) is 12.5 Å². The van der Waals surface area contributed by atoms with Gasteiger partial charge in [-0.25, -0.2) is 14.2 Å². The largest absolute Gasteiger partial charge is 0.451 e. The van der Waals surface area contributed by atoms with Gasteiger partial charge in [0, 0.05) is 37.2 Å². The molecule has 8 nitrogen and oxygen atoms in total. The first-order valence-electron chi connectivity index (χ1n) is 8.25. The van der Waals surface area contributed by atoms with Crippen molar-refractivity contribution in [3.8, 4) is 11.3 Å². The van der Waals surface area contributed by atoms with Gasteiger partial charge in [-0.3, -0.25) is 14.3 Å². The zero-order valence-corrected chi connectivity index (χ0v) is 15.2. The van der Waals surface area contributed by atoms with Crippen molar-refractivity contribution in [1.82, 2.24) is 24.6 Å². The molecule has 0 aliphatic carbocycles. The smallest absolute Gasteiger partial charge is 0.351 e. The lowest BCUT2D eigenvalue weighted by atomic mass is 10.1. The summed E-state index contributed by atoms with van der Waals surface area (Å²) in [5.41, 5.74) is 1.33. The Bertz CT molecular complexity index is 879. The predicted molar refractivity (Wildman–Crippen MR) is 92.6 cm³/mol. The highest BCUT2D eigenvalue weighted by molar-refractivity contribution is 7.76. The van der Waals surface area contributed by atoms with Crippen molar-refractivity contribution >= 4 is 17.2 Å². The molecule has 1 aliphatic rings. The molecule has 1 aliphatic heterocycles. The molecule has 0 spiro atoms. The highest BCUT2D eigenvalue weighted by Gasteiger charge is 2.35. The lowest BCUT2D eigenvalue weighted by molar-refractivity contribution is -0.145. The molecule has 0 bridgehead atoms. The standard InChI is InChI=1S/C16H16F3N5O3S/c17-16(18,19)15-22-8-11(9-23-15)12-6-10(3-4-20-12)7-21-14(25)13-2-1-5-24(13)28(26)27/h3-4,6,8-9,13H,1-2,5,7H2,(H,21,25)(H,26,27). The number of alkyl halides is 3. The Labute approximate surface area is 160 Å². The fourth-order valence-corrected chi connectivity index (χ4v) is 3.55. The number of amides is 1. The molecule has 2 aromatic rings. The SMILES string of the molecule is O=C(NCc1ccnc(-c2cnc(C(F)(F)F)nc2)c1)C1CCCN1S(=O)O. The minimum atomic E-state index is -4.62. The number of aromatic nitrogens is 3. The maximum atomic E-state index is 12.5. The molecule has 12 heteroatoms. The third-order valence-corrected chi connectivity index (χ3v) is 5.04. The van der Waals surface area contributed by atoms with Crippen molar-refractivity contribution in [2.24, 2.45) is 0 Å². The Hall–Kier alpha value is -2.44. The second-order valence-corrected chi connectivity index (χ2v) is 7.02. The number of hydrogen-bond donors (Lipinski definition) is 2. The summed E-state index contributed by atoms with van der Waals surface area (Å²) in [6.07, 6.45) is 0.0465. The Balaban J connectivity index is 1.67. The first kappa shape index (κ1) is 20.3. The molecule has 1 fully saturated rings. The van der Waals surface area contributed by atoms with E-state index in [9.17, 15) is 26.7 Å². The lowest BCUT2D eigenvalue weighted by Crippen LogP contribution is -2.43. The molecule has 1 saturated heterocycles. The predicted octanol–water partition coefficient (Wildman–Crippen LogP) is 1.77. The number of halogens is 3. The maximum Gasteiger partial charge on any atom is 0.451 e. The van der Waals surface area contributed by atoms with Crippen LogP contribution in [0.4, 0.5) is 13.2 Å². The molecule has 0 saturated carbocycles. The van der Waals surface area contributed by atoms with Crippen LogP contribution in [0.15, 0.2) is 30.7 Å². The summed E-state index contributed by atoms with van der Waals surface area (Å²) >= 11 is -2.21. The van der Waals surface area contributed by atoms with Gasteiger partial charge in [0.2, 0.25) is 23.0 Å². The molecule has 28 heavy (non-hydrogen) atoms. The minimum Gasteiger partial charge on any atom is -0.351 e. The van der Waals surface area contributed by atoms with E-state index in [0.717, 1.165) is 12.4 Å². The van der Waals surface area contributed by atoms with Gasteiger partial charge in [0.25, 0.3) is 0 Å². The van der Waals surface area contributed by atoms with Crippen LogP contribution in [0.5, 0.6) is 0 Å². The monoisotopic (exact) mass is 415 g/mol. The number of carbonyl (C=O) groups excluding carboxylic acids is 1. The molecule has 2 atom stereocenters. The zero-order chi connectivity index (χ0) is 20.3. The van der Waals surface area contributed by atoms with Crippen molar-refractivity contribution in [2.75, 3.05) is 6.54 Å². The van der Waals surface area contributed by atoms with Gasteiger partial charge >= 0.3 is 6.18 Å². The second kappa shape index (κ2) is 8.29. The molecule has 1 amide bonds. The quantitative estimate of drug-likeness (QED) is 0.721. The molecule has 150 valence electrons. The molecule has 2 unspecified atom stereocenters. The topological polar surface area (TPSA) is 108 Å². The minimum absolute atomic E-state index is 0.137. The molecule has 2 aromatic heterocycles. The average Bonchev–Trinajstić information content (AvgIpc) is 3.16. The number of rotatable bonds is 5. The second-order valence-electron chi connectivity index (χ2n) is 6.09. The molecule has 0 radical (unpaired) electrons. The van der Waals surface area contributed by atoms with Gasteiger partial charge in [-0.15, -0.1) is 0 Å². The van der Waals surface area contributed by atoms with Gasteiger partial charge in [0.05, 0.1) is 5.69 Å². The van der Waals surface area contributed by atoms with Crippen molar-refractivity contribution in [3.63, 3.8) is 0 Å². The number of nitrogens with zero attached hydrogens (tertiary/aromatic N) is 4. The van der Waals surface area contributed by atoms with Gasteiger partial charge in [0.1, 0.15) is 6.04 Å². The van der Waals surface area contributed by atoms with Crippen LogP contribution in [0.2, 0.25) is 0 Å². The summed E-state index contributed by atoms with van der Waals surface area (Å²) in [6, 6.07) is 2.57. The molecular weight excluding hydrogens is 399 g/mol. The summed E-state index contributed by atoms with van der Waals surface area (Å²) in [6.45, 7) is 0.507. The Morgan fingerprint density at radius 3 is 2.68 bits per heavy atom. The number of carbonyl (C=O) groups is 1. The highest BCUT2D eigenvalue weighted by Crippen LogP contribution is 2.26. The van der Waals surface area contributed by atoms with Crippen LogP contribution in [-0.2, 0) is 28.8 Å². The van der Waals surface area contributed by atoms with Crippen LogP contribution in [0.3, 0.4) is 0 Å². The van der Waals surface area contributed by atoms with Gasteiger partial charge in [0.15, 0.2) is 0 Å². The molecular formula is C16H16F3N5O3S. The van der Waals surface area contributed by atoms with E-state index >= 15 is 0 Å². The van der Waals surface area contributed by atoms with E-state index in [1.54, 1.807) is 12.1 Å². The third kappa shape index (κ3) is 4.69. The fourth-order valence-electron chi connectivity index (χ4n) is 2.84. The van der Waals surface area contributed by atoms with Crippen molar-refractivity contribution in [1.29, 1.82) is 0 Å². The Morgan fingerprint density at radius 2 is 2.04 bits per heavy atom. The summed E-state index contributed by atoms with van der Waals surface area (Å²) < 4.78 is 59.3. The number of pyridine rings is 1. The van der Waals surface area contributed by atoms with Crippen molar-refractivity contribution in [2.45, 2.75) is 31.6 Å². The van der Waals surface area contributed by atoms with Crippen LogP contribution in [0.1, 0.15) is 24.2 Å². The summed E-state index contributed by atoms with van der Waals surface area (Å²) in [5.74, 6) is -1.60. The van der Waals surface area contributed by atoms with Gasteiger partial charge in [-0.05, 0) is 30.5 Å². The van der Waals surface area contributed by atoms with Crippen molar-refractivity contribution in [3.05, 3.63) is 42.1 Å². The van der Waals surface area contributed by atoms with Crippen LogP contribution >= 0.6 is 0 Å². The van der Waals surface area contributed by atoms with E-state index in [1.165, 1.54) is 10.5 Å². The molecule has 3 rings (SSSR count). The highest BCUT2D eigenvalue weighted by atomic mass is 32.2. The normalized spacial score (nSPS) is 18.8. The zero-order valence-electron chi connectivity index (χ0n) is 14.4. The Kier molecular flexibility index (Phi) is 6.01. The van der Waals surface area contributed by atoms with Crippen LogP contribution < -0.4 is 5.32 Å². The van der Waals surface area contributed by atoms with Crippen LogP contribution in [-0.4, -0.2) is 46.5 Å². The van der Waals surface area contributed by atoms with E-state index in [2.05, 4.69) is 20.3 Å². The maximum absolute atomic E-state index is 12.5. The molecule has 3 heterocycles. The van der Waals surface area contributed by atoms with Crippen molar-refractivity contribution < 1.29 is 26.7 Å². The fraction of sp³-hybridized carbons (Fsp3) is 0.375. The third-order valence-electron chi connectivity index (χ3n) is 4.20. The van der Waals surface area contributed by atoms with E-state index in [0.29, 0.717) is 36.2 Å². The van der Waals surface area contributed by atoms with Crippen LogP contribution in [0, 0.1) is 0 Å². The summed E-state index contributed by atoms with van der Waals surface area (Å²) in [7, 11) is 0. The molecule has 2 N–H and O–H groups in total. The van der Waals surface area contributed by atoms with Gasteiger partial charge in [-0.2, -0.15) is 17.5 Å². The van der Waals surface area contributed by atoms with E-state index < -0.39 is 29.3 Å². The van der Waals surface area contributed by atoms with Crippen LogP contribution in [0.25, 0.3) is 11.3 Å². The average molecular weight is 415 g/mol.